The summed E-state index contributed by atoms with van der Waals surface area (Å²) in [7, 11) is 1.57. The molecule has 4 rings (SSSR count). The van der Waals surface area contributed by atoms with Gasteiger partial charge in [-0.25, -0.2) is 9.67 Å². The fourth-order valence-corrected chi connectivity index (χ4v) is 3.04. The summed E-state index contributed by atoms with van der Waals surface area (Å²) in [6.45, 7) is 2.27. The van der Waals surface area contributed by atoms with Crippen molar-refractivity contribution in [2.45, 2.75) is 0 Å². The third kappa shape index (κ3) is 3.54. The molecule has 0 N–H and O–H groups in total. The first kappa shape index (κ1) is 17.2. The third-order valence-corrected chi connectivity index (χ3v) is 4.47. The van der Waals surface area contributed by atoms with Crippen molar-refractivity contribution in [2.24, 2.45) is 0 Å². The summed E-state index contributed by atoms with van der Waals surface area (Å²) in [6, 6.07) is 15.3. The predicted octanol–water partition coefficient (Wildman–Crippen LogP) is 2.42. The number of hydrogen-bond donors (Lipinski definition) is 0. The SMILES string of the molecule is COc1ccc(-n2nc(C(=O)N3CCOCC3)cc2-c2ccccc2)cn1. The van der Waals surface area contributed by atoms with Crippen molar-refractivity contribution >= 4 is 5.91 Å². The van der Waals surface area contributed by atoms with E-state index in [0.29, 0.717) is 37.9 Å². The molecule has 1 aromatic carbocycles. The van der Waals surface area contributed by atoms with Crippen LogP contribution in [0.25, 0.3) is 16.9 Å². The summed E-state index contributed by atoms with van der Waals surface area (Å²) in [5.74, 6) is 0.437. The number of aromatic nitrogens is 3. The number of methoxy groups -OCH3 is 1. The highest BCUT2D eigenvalue weighted by Gasteiger charge is 2.23. The molecule has 27 heavy (non-hydrogen) atoms. The van der Waals surface area contributed by atoms with Gasteiger partial charge in [0.25, 0.3) is 5.91 Å². The molecule has 0 atom stereocenters. The van der Waals surface area contributed by atoms with Gasteiger partial charge < -0.3 is 14.4 Å². The number of benzene rings is 1. The maximum absolute atomic E-state index is 12.9. The Balaban J connectivity index is 1.75. The first-order chi connectivity index (χ1) is 13.3. The molecular weight excluding hydrogens is 344 g/mol. The molecule has 0 saturated carbocycles. The van der Waals surface area contributed by atoms with Crippen LogP contribution in [-0.4, -0.2) is 59.0 Å². The summed E-state index contributed by atoms with van der Waals surface area (Å²) in [5, 5.41) is 4.59. The molecule has 0 radical (unpaired) electrons. The Labute approximate surface area is 157 Å². The number of morpholine rings is 1. The standard InChI is InChI=1S/C20H20N4O3/c1-26-19-8-7-16(14-21-19)24-18(15-5-3-2-4-6-15)13-17(22-24)20(25)23-9-11-27-12-10-23/h2-8,13-14H,9-12H2,1H3. The van der Waals surface area contributed by atoms with E-state index in [9.17, 15) is 4.79 Å². The lowest BCUT2D eigenvalue weighted by Gasteiger charge is -2.25. The van der Waals surface area contributed by atoms with Gasteiger partial charge in [0.05, 0.1) is 37.9 Å². The number of rotatable bonds is 4. The second-order valence-corrected chi connectivity index (χ2v) is 6.16. The van der Waals surface area contributed by atoms with Gasteiger partial charge in [-0.2, -0.15) is 5.10 Å². The maximum atomic E-state index is 12.9. The zero-order valence-electron chi connectivity index (χ0n) is 15.0. The number of pyridine rings is 1. The smallest absolute Gasteiger partial charge is 0.274 e. The van der Waals surface area contributed by atoms with Crippen molar-refractivity contribution in [3.05, 3.63) is 60.4 Å². The fourth-order valence-electron chi connectivity index (χ4n) is 3.04. The maximum Gasteiger partial charge on any atom is 0.274 e. The monoisotopic (exact) mass is 364 g/mol. The highest BCUT2D eigenvalue weighted by Crippen LogP contribution is 2.25. The van der Waals surface area contributed by atoms with Crippen LogP contribution in [0.15, 0.2) is 54.7 Å². The quantitative estimate of drug-likeness (QED) is 0.711. The topological polar surface area (TPSA) is 69.5 Å². The number of carbonyl (C=O) groups excluding carboxylic acids is 1. The first-order valence-corrected chi connectivity index (χ1v) is 8.79. The molecule has 1 saturated heterocycles. The van der Waals surface area contributed by atoms with Gasteiger partial charge in [-0.15, -0.1) is 0 Å². The van der Waals surface area contributed by atoms with Gasteiger partial charge in [-0.05, 0) is 12.1 Å². The van der Waals surface area contributed by atoms with Crippen molar-refractivity contribution in [1.82, 2.24) is 19.7 Å². The molecule has 3 heterocycles. The Morgan fingerprint density at radius 3 is 2.56 bits per heavy atom. The van der Waals surface area contributed by atoms with E-state index in [1.54, 1.807) is 29.0 Å². The molecule has 7 heteroatoms. The van der Waals surface area contributed by atoms with Crippen LogP contribution in [-0.2, 0) is 4.74 Å². The van der Waals surface area contributed by atoms with Gasteiger partial charge in [0.15, 0.2) is 5.69 Å². The molecule has 3 aromatic rings. The van der Waals surface area contributed by atoms with Crippen LogP contribution in [0.5, 0.6) is 5.88 Å². The lowest BCUT2D eigenvalue weighted by atomic mass is 10.1. The predicted molar refractivity (Wildman–Crippen MR) is 100 cm³/mol. The van der Waals surface area contributed by atoms with E-state index in [4.69, 9.17) is 9.47 Å². The van der Waals surface area contributed by atoms with Gasteiger partial charge in [0, 0.05) is 24.7 Å². The summed E-state index contributed by atoms with van der Waals surface area (Å²) in [4.78, 5) is 18.9. The molecule has 0 unspecified atom stereocenters. The Morgan fingerprint density at radius 2 is 1.89 bits per heavy atom. The molecule has 1 fully saturated rings. The van der Waals surface area contributed by atoms with Gasteiger partial charge in [-0.1, -0.05) is 30.3 Å². The van der Waals surface area contributed by atoms with Crippen molar-refractivity contribution in [1.29, 1.82) is 0 Å². The Kier molecular flexibility index (Phi) is 4.84. The Morgan fingerprint density at radius 1 is 1.11 bits per heavy atom. The Bertz CT molecular complexity index is 916. The molecular formula is C20H20N4O3. The van der Waals surface area contributed by atoms with Crippen LogP contribution < -0.4 is 4.74 Å². The number of nitrogens with zero attached hydrogens (tertiary/aromatic N) is 4. The summed E-state index contributed by atoms with van der Waals surface area (Å²) >= 11 is 0. The van der Waals surface area contributed by atoms with E-state index in [1.165, 1.54) is 0 Å². The van der Waals surface area contributed by atoms with E-state index in [0.717, 1.165) is 16.9 Å². The molecule has 1 aliphatic heterocycles. The molecule has 7 nitrogen and oxygen atoms in total. The first-order valence-electron chi connectivity index (χ1n) is 8.79. The fraction of sp³-hybridized carbons (Fsp3) is 0.250. The van der Waals surface area contributed by atoms with Gasteiger partial charge in [-0.3, -0.25) is 4.79 Å². The average molecular weight is 364 g/mol. The van der Waals surface area contributed by atoms with Crippen LogP contribution in [0.1, 0.15) is 10.5 Å². The molecule has 1 amide bonds. The molecule has 138 valence electrons. The molecule has 1 aliphatic rings. The van der Waals surface area contributed by atoms with Crippen LogP contribution in [0, 0.1) is 0 Å². The third-order valence-electron chi connectivity index (χ3n) is 4.47. The van der Waals surface area contributed by atoms with Crippen LogP contribution >= 0.6 is 0 Å². The summed E-state index contributed by atoms with van der Waals surface area (Å²) in [5.41, 5.74) is 2.98. The van der Waals surface area contributed by atoms with Crippen molar-refractivity contribution in [3.8, 4) is 22.8 Å². The number of amides is 1. The lowest BCUT2D eigenvalue weighted by molar-refractivity contribution is 0.0298. The highest BCUT2D eigenvalue weighted by atomic mass is 16.5. The second kappa shape index (κ2) is 7.59. The van der Waals surface area contributed by atoms with E-state index >= 15 is 0 Å². The normalized spacial score (nSPS) is 14.2. The number of hydrogen-bond acceptors (Lipinski definition) is 5. The van der Waals surface area contributed by atoms with Crippen LogP contribution in [0.3, 0.4) is 0 Å². The molecule has 0 aliphatic carbocycles. The van der Waals surface area contributed by atoms with Gasteiger partial charge in [0.1, 0.15) is 0 Å². The lowest BCUT2D eigenvalue weighted by Crippen LogP contribution is -2.40. The average Bonchev–Trinajstić information content (AvgIpc) is 3.20. The summed E-state index contributed by atoms with van der Waals surface area (Å²) in [6.07, 6.45) is 1.68. The molecule has 0 spiro atoms. The minimum Gasteiger partial charge on any atom is -0.481 e. The molecule has 2 aromatic heterocycles. The molecule has 0 bridgehead atoms. The number of carbonyl (C=O) groups is 1. The zero-order valence-corrected chi connectivity index (χ0v) is 15.0. The number of ether oxygens (including phenoxy) is 2. The van der Waals surface area contributed by atoms with E-state index in [-0.39, 0.29) is 5.91 Å². The van der Waals surface area contributed by atoms with Crippen molar-refractivity contribution in [3.63, 3.8) is 0 Å². The van der Waals surface area contributed by atoms with Crippen molar-refractivity contribution in [2.75, 3.05) is 33.4 Å². The van der Waals surface area contributed by atoms with E-state index in [1.807, 2.05) is 42.5 Å². The Hall–Kier alpha value is -3.19. The van der Waals surface area contributed by atoms with E-state index in [2.05, 4.69) is 10.1 Å². The van der Waals surface area contributed by atoms with Crippen LogP contribution in [0.2, 0.25) is 0 Å². The van der Waals surface area contributed by atoms with E-state index < -0.39 is 0 Å². The van der Waals surface area contributed by atoms with Crippen molar-refractivity contribution < 1.29 is 14.3 Å². The van der Waals surface area contributed by atoms with Crippen LogP contribution in [0.4, 0.5) is 0 Å². The minimum atomic E-state index is -0.0873. The summed E-state index contributed by atoms with van der Waals surface area (Å²) < 4.78 is 12.2. The van der Waals surface area contributed by atoms with Gasteiger partial charge >= 0.3 is 0 Å². The zero-order chi connectivity index (χ0) is 18.6. The second-order valence-electron chi connectivity index (χ2n) is 6.16. The largest absolute Gasteiger partial charge is 0.481 e. The highest BCUT2D eigenvalue weighted by molar-refractivity contribution is 5.93. The minimum absolute atomic E-state index is 0.0873. The van der Waals surface area contributed by atoms with Gasteiger partial charge in [0.2, 0.25) is 5.88 Å².